The summed E-state index contributed by atoms with van der Waals surface area (Å²) in [6.07, 6.45) is 24.2. The number of unbranched alkanes of at least 4 members (excludes halogenated alkanes) is 7. The maximum absolute atomic E-state index is 9.05. The smallest absolute Gasteiger partial charge is 0.321 e. The van der Waals surface area contributed by atoms with Crippen LogP contribution in [0.5, 0.6) is 0 Å². The average Bonchev–Trinajstić information content (AvgIpc) is 3.10. The SMILES string of the molecule is C/C=C/C=C/CC/C=C/CCCCCCCCC1OCC(COP(O)(O)=S)O1. The van der Waals surface area contributed by atoms with Gasteiger partial charge in [-0.3, -0.25) is 0 Å². The van der Waals surface area contributed by atoms with Crippen molar-refractivity contribution in [2.24, 2.45) is 0 Å². The molecule has 0 saturated carbocycles. The molecule has 2 N–H and O–H groups in total. The summed E-state index contributed by atoms with van der Waals surface area (Å²) in [4.78, 5) is 18.1. The molecule has 1 heterocycles. The molecule has 1 rings (SSSR count). The molecule has 28 heavy (non-hydrogen) atoms. The summed E-state index contributed by atoms with van der Waals surface area (Å²) in [5.74, 6) is 0. The highest BCUT2D eigenvalue weighted by Gasteiger charge is 2.27. The first kappa shape index (κ1) is 25.7. The Hall–Kier alpha value is -0.330. The molecule has 1 aliphatic heterocycles. The van der Waals surface area contributed by atoms with Gasteiger partial charge in [0, 0.05) is 0 Å². The van der Waals surface area contributed by atoms with Crippen LogP contribution in [0.4, 0.5) is 0 Å². The molecule has 2 atom stereocenters. The van der Waals surface area contributed by atoms with Gasteiger partial charge in [-0.1, -0.05) is 62.1 Å². The highest BCUT2D eigenvalue weighted by atomic mass is 32.5. The highest BCUT2D eigenvalue weighted by molar-refractivity contribution is 8.06. The second-order valence-corrected chi connectivity index (χ2v) is 9.68. The number of ether oxygens (including phenoxy) is 2. The molecule has 0 spiro atoms. The van der Waals surface area contributed by atoms with Gasteiger partial charge in [0.15, 0.2) is 6.29 Å². The van der Waals surface area contributed by atoms with Crippen LogP contribution in [0.25, 0.3) is 0 Å². The van der Waals surface area contributed by atoms with E-state index < -0.39 is 6.72 Å². The summed E-state index contributed by atoms with van der Waals surface area (Å²) in [6, 6.07) is 0. The van der Waals surface area contributed by atoms with Crippen molar-refractivity contribution in [3.05, 3.63) is 36.5 Å². The van der Waals surface area contributed by atoms with Gasteiger partial charge in [-0.25, -0.2) is 0 Å². The number of hydrogen-bond donors (Lipinski definition) is 2. The van der Waals surface area contributed by atoms with E-state index in [-0.39, 0.29) is 19.0 Å². The lowest BCUT2D eigenvalue weighted by Crippen LogP contribution is -2.18. The van der Waals surface area contributed by atoms with Gasteiger partial charge in [-0.15, -0.1) is 0 Å². The lowest BCUT2D eigenvalue weighted by Gasteiger charge is -2.13. The third-order valence-corrected chi connectivity index (χ3v) is 5.21. The van der Waals surface area contributed by atoms with Crippen LogP contribution in [0, 0.1) is 0 Å². The lowest BCUT2D eigenvalue weighted by molar-refractivity contribution is -0.0691. The van der Waals surface area contributed by atoms with Crippen LogP contribution in [0.15, 0.2) is 36.5 Å². The van der Waals surface area contributed by atoms with E-state index in [0.717, 1.165) is 25.7 Å². The quantitative estimate of drug-likeness (QED) is 0.144. The molecule has 1 saturated heterocycles. The van der Waals surface area contributed by atoms with E-state index in [1.54, 1.807) is 0 Å². The lowest BCUT2D eigenvalue weighted by atomic mass is 10.1. The van der Waals surface area contributed by atoms with Crippen molar-refractivity contribution in [1.29, 1.82) is 0 Å². The first-order valence-electron chi connectivity index (χ1n) is 10.4. The van der Waals surface area contributed by atoms with Crippen LogP contribution in [0.1, 0.15) is 71.1 Å². The number of rotatable bonds is 16. The normalized spacial score (nSPS) is 21.0. The maximum Gasteiger partial charge on any atom is 0.321 e. The first-order valence-corrected chi connectivity index (χ1v) is 13.0. The van der Waals surface area contributed by atoms with Crippen molar-refractivity contribution in [2.45, 2.75) is 83.5 Å². The first-order chi connectivity index (χ1) is 13.5. The molecule has 1 fully saturated rings. The van der Waals surface area contributed by atoms with Gasteiger partial charge in [-0.2, -0.15) is 0 Å². The zero-order chi connectivity index (χ0) is 20.5. The van der Waals surface area contributed by atoms with Crippen molar-refractivity contribution in [3.63, 3.8) is 0 Å². The molecule has 2 unspecified atom stereocenters. The fraction of sp³-hybridized carbons (Fsp3) is 0.714. The van der Waals surface area contributed by atoms with Gasteiger partial charge in [0.1, 0.15) is 6.10 Å². The minimum Gasteiger partial charge on any atom is -0.350 e. The topological polar surface area (TPSA) is 68.2 Å². The fourth-order valence-corrected chi connectivity index (χ4v) is 3.46. The summed E-state index contributed by atoms with van der Waals surface area (Å²) in [5, 5.41) is 0. The van der Waals surface area contributed by atoms with Crippen LogP contribution in [-0.4, -0.2) is 35.4 Å². The molecule has 0 aromatic carbocycles. The van der Waals surface area contributed by atoms with E-state index in [2.05, 4.69) is 42.2 Å². The van der Waals surface area contributed by atoms with Crippen molar-refractivity contribution in [1.82, 2.24) is 0 Å². The van der Waals surface area contributed by atoms with Crippen molar-refractivity contribution in [2.75, 3.05) is 13.2 Å². The molecule has 1 aliphatic rings. The summed E-state index contributed by atoms with van der Waals surface area (Å²) < 4.78 is 16.0. The molecule has 7 heteroatoms. The second kappa shape index (κ2) is 16.5. The monoisotopic (exact) mass is 432 g/mol. The van der Waals surface area contributed by atoms with Crippen LogP contribution < -0.4 is 0 Å². The zero-order valence-electron chi connectivity index (χ0n) is 17.1. The van der Waals surface area contributed by atoms with Gasteiger partial charge >= 0.3 is 6.72 Å². The van der Waals surface area contributed by atoms with Crippen molar-refractivity contribution >= 4 is 18.5 Å². The van der Waals surface area contributed by atoms with Gasteiger partial charge < -0.3 is 23.8 Å². The van der Waals surface area contributed by atoms with E-state index in [1.807, 2.05) is 13.0 Å². The number of allylic oxidation sites excluding steroid dienone is 6. The predicted molar refractivity (Wildman–Crippen MR) is 119 cm³/mol. The Kier molecular flexibility index (Phi) is 15.1. The number of hydrogen-bond acceptors (Lipinski definition) is 4. The molecular weight excluding hydrogens is 395 g/mol. The molecule has 0 aromatic heterocycles. The molecular formula is C21H37O5PS. The summed E-state index contributed by atoms with van der Waals surface area (Å²) >= 11 is 4.42. The Morgan fingerprint density at radius 3 is 2.39 bits per heavy atom. The summed E-state index contributed by atoms with van der Waals surface area (Å²) in [7, 11) is 0. The fourth-order valence-electron chi connectivity index (χ4n) is 2.92. The van der Waals surface area contributed by atoms with Crippen molar-refractivity contribution in [3.8, 4) is 0 Å². The van der Waals surface area contributed by atoms with E-state index in [4.69, 9.17) is 23.8 Å². The Morgan fingerprint density at radius 2 is 1.64 bits per heavy atom. The largest absolute Gasteiger partial charge is 0.350 e. The third kappa shape index (κ3) is 15.6. The van der Waals surface area contributed by atoms with Crippen LogP contribution in [0.3, 0.4) is 0 Å². The molecule has 0 amide bonds. The van der Waals surface area contributed by atoms with Crippen molar-refractivity contribution < 1.29 is 23.8 Å². The summed E-state index contributed by atoms with van der Waals surface area (Å²) in [5.41, 5.74) is 0. The molecule has 0 aliphatic carbocycles. The van der Waals surface area contributed by atoms with Crippen LogP contribution in [-0.2, 0) is 25.8 Å². The molecule has 162 valence electrons. The zero-order valence-corrected chi connectivity index (χ0v) is 18.8. The Labute approximate surface area is 175 Å². The standard InChI is InChI=1S/C21H37O5PS/c1-2-3-4-5-6-7-8-9-10-11-12-13-14-15-16-17-21-24-18-20(26-21)19-25-27(22,23)28/h2-5,8-9,20-21H,6-7,10-19H2,1H3,(H2,22,23,28)/b3-2+,5-4+,9-8+. The van der Waals surface area contributed by atoms with E-state index >= 15 is 0 Å². The van der Waals surface area contributed by atoms with Gasteiger partial charge in [0.25, 0.3) is 0 Å². The second-order valence-electron chi connectivity index (χ2n) is 7.01. The van der Waals surface area contributed by atoms with E-state index in [1.165, 1.54) is 38.5 Å². The molecule has 0 bridgehead atoms. The van der Waals surface area contributed by atoms with Crippen LogP contribution >= 0.6 is 6.72 Å². The maximum atomic E-state index is 9.05. The van der Waals surface area contributed by atoms with Crippen LogP contribution in [0.2, 0.25) is 0 Å². The third-order valence-electron chi connectivity index (χ3n) is 4.41. The van der Waals surface area contributed by atoms with Gasteiger partial charge in [-0.05, 0) is 57.3 Å². The molecule has 0 radical (unpaired) electrons. The van der Waals surface area contributed by atoms with E-state index in [9.17, 15) is 0 Å². The Balaban J connectivity index is 1.86. The molecule has 0 aromatic rings. The van der Waals surface area contributed by atoms with E-state index in [0.29, 0.717) is 6.61 Å². The summed E-state index contributed by atoms with van der Waals surface area (Å²) in [6.45, 7) is -1.09. The molecule has 5 nitrogen and oxygen atoms in total. The minimum absolute atomic E-state index is 0.0716. The Bertz CT molecular complexity index is 515. The Morgan fingerprint density at radius 1 is 0.964 bits per heavy atom. The van der Waals surface area contributed by atoms with Gasteiger partial charge in [0.05, 0.1) is 13.2 Å². The highest BCUT2D eigenvalue weighted by Crippen LogP contribution is 2.37. The minimum atomic E-state index is -3.60. The predicted octanol–water partition coefficient (Wildman–Crippen LogP) is 5.54. The average molecular weight is 433 g/mol. The van der Waals surface area contributed by atoms with Gasteiger partial charge in [0.2, 0.25) is 0 Å².